The lowest BCUT2D eigenvalue weighted by atomic mass is 9.93. The second kappa shape index (κ2) is 6.26. The average molecular weight is 258 g/mol. The zero-order valence-corrected chi connectivity index (χ0v) is 11.0. The monoisotopic (exact) mass is 258 g/mol. The Morgan fingerprint density at radius 3 is 2.89 bits per heavy atom. The number of anilines is 1. The number of hydrogen-bond donors (Lipinski definition) is 3. The van der Waals surface area contributed by atoms with Crippen molar-refractivity contribution in [2.24, 2.45) is 0 Å². The molecular formula is C15H18N2O2. The highest BCUT2D eigenvalue weighted by atomic mass is 16.2. The summed E-state index contributed by atoms with van der Waals surface area (Å²) in [5, 5.41) is 14.5. The van der Waals surface area contributed by atoms with Gasteiger partial charge in [0.2, 0.25) is 0 Å². The molecule has 0 saturated heterocycles. The fraction of sp³-hybridized carbons (Fsp3) is 0.400. The van der Waals surface area contributed by atoms with Gasteiger partial charge in [-0.05, 0) is 43.9 Å². The fourth-order valence-corrected chi connectivity index (χ4v) is 1.90. The van der Waals surface area contributed by atoms with Crippen molar-refractivity contribution in [3.05, 3.63) is 29.3 Å². The summed E-state index contributed by atoms with van der Waals surface area (Å²) in [5.74, 6) is 5.45. The van der Waals surface area contributed by atoms with Crippen LogP contribution in [0.5, 0.6) is 0 Å². The van der Waals surface area contributed by atoms with Gasteiger partial charge in [-0.1, -0.05) is 17.9 Å². The van der Waals surface area contributed by atoms with Crippen molar-refractivity contribution in [3.8, 4) is 11.8 Å². The normalized spacial score (nSPS) is 14.0. The van der Waals surface area contributed by atoms with Crippen molar-refractivity contribution in [2.75, 3.05) is 11.9 Å². The van der Waals surface area contributed by atoms with Crippen LogP contribution < -0.4 is 10.6 Å². The van der Waals surface area contributed by atoms with Gasteiger partial charge in [-0.3, -0.25) is 0 Å². The Bertz CT molecular complexity index is 525. The molecule has 0 aliphatic heterocycles. The summed E-state index contributed by atoms with van der Waals surface area (Å²) in [6, 6.07) is 5.75. The van der Waals surface area contributed by atoms with Crippen LogP contribution in [-0.2, 0) is 0 Å². The van der Waals surface area contributed by atoms with E-state index < -0.39 is 0 Å². The highest BCUT2D eigenvalue weighted by molar-refractivity contribution is 5.91. The summed E-state index contributed by atoms with van der Waals surface area (Å²) in [5.41, 5.74) is 2.45. The highest BCUT2D eigenvalue weighted by Gasteiger charge is 2.19. The lowest BCUT2D eigenvalue weighted by Crippen LogP contribution is -2.41. The predicted octanol–water partition coefficient (Wildman–Crippen LogP) is 2.01. The van der Waals surface area contributed by atoms with Gasteiger partial charge in [0.05, 0.1) is 5.69 Å². The molecule has 0 unspecified atom stereocenters. The molecule has 1 aliphatic carbocycles. The van der Waals surface area contributed by atoms with Gasteiger partial charge in [-0.25, -0.2) is 4.79 Å². The van der Waals surface area contributed by atoms with E-state index in [1.807, 2.05) is 25.1 Å². The number of benzene rings is 1. The van der Waals surface area contributed by atoms with Gasteiger partial charge in [0.15, 0.2) is 0 Å². The summed E-state index contributed by atoms with van der Waals surface area (Å²) in [7, 11) is 0. The third-order valence-electron chi connectivity index (χ3n) is 3.17. The van der Waals surface area contributed by atoms with Gasteiger partial charge >= 0.3 is 6.03 Å². The number of aliphatic hydroxyl groups is 1. The van der Waals surface area contributed by atoms with Crippen molar-refractivity contribution in [1.82, 2.24) is 5.32 Å². The van der Waals surface area contributed by atoms with E-state index >= 15 is 0 Å². The number of urea groups is 1. The summed E-state index contributed by atoms with van der Waals surface area (Å²) in [6.07, 6.45) is 3.29. The Hall–Kier alpha value is -1.99. The van der Waals surface area contributed by atoms with E-state index in [0.717, 1.165) is 24.0 Å². The van der Waals surface area contributed by atoms with E-state index in [9.17, 15) is 4.79 Å². The molecule has 1 aromatic rings. The quantitative estimate of drug-likeness (QED) is 0.711. The maximum atomic E-state index is 11.8. The Labute approximate surface area is 113 Å². The first-order chi connectivity index (χ1) is 9.19. The first-order valence-electron chi connectivity index (χ1n) is 6.47. The largest absolute Gasteiger partial charge is 0.384 e. The topological polar surface area (TPSA) is 61.4 Å². The third kappa shape index (κ3) is 3.73. The number of rotatable bonds is 2. The Morgan fingerprint density at radius 1 is 1.47 bits per heavy atom. The minimum Gasteiger partial charge on any atom is -0.384 e. The zero-order chi connectivity index (χ0) is 13.7. The number of carbonyl (C=O) groups excluding carboxylic acids is 1. The van der Waals surface area contributed by atoms with E-state index in [-0.39, 0.29) is 12.6 Å². The number of carbonyl (C=O) groups is 1. The minimum absolute atomic E-state index is 0.193. The first-order valence-corrected chi connectivity index (χ1v) is 6.47. The molecule has 19 heavy (non-hydrogen) atoms. The van der Waals surface area contributed by atoms with Gasteiger partial charge in [0.25, 0.3) is 0 Å². The van der Waals surface area contributed by atoms with Crippen molar-refractivity contribution < 1.29 is 9.90 Å². The number of nitrogens with one attached hydrogen (secondary N) is 2. The van der Waals surface area contributed by atoms with Gasteiger partial charge in [-0.2, -0.15) is 0 Å². The molecular weight excluding hydrogens is 240 g/mol. The molecule has 2 rings (SSSR count). The number of hydrogen-bond acceptors (Lipinski definition) is 2. The fourth-order valence-electron chi connectivity index (χ4n) is 1.90. The van der Waals surface area contributed by atoms with Crippen LogP contribution in [-0.4, -0.2) is 23.8 Å². The van der Waals surface area contributed by atoms with Gasteiger partial charge in [-0.15, -0.1) is 0 Å². The average Bonchev–Trinajstić information content (AvgIpc) is 2.34. The van der Waals surface area contributed by atoms with E-state index in [1.165, 1.54) is 6.42 Å². The second-order valence-electron chi connectivity index (χ2n) is 4.74. The summed E-state index contributed by atoms with van der Waals surface area (Å²) in [4.78, 5) is 11.8. The van der Waals surface area contributed by atoms with Gasteiger partial charge < -0.3 is 15.7 Å². The van der Waals surface area contributed by atoms with Gasteiger partial charge in [0, 0.05) is 11.6 Å². The van der Waals surface area contributed by atoms with E-state index in [1.54, 1.807) is 0 Å². The number of aliphatic hydroxyl groups excluding tert-OH is 1. The predicted molar refractivity (Wildman–Crippen MR) is 74.9 cm³/mol. The van der Waals surface area contributed by atoms with Crippen LogP contribution in [0.3, 0.4) is 0 Å². The number of aryl methyl sites for hydroxylation is 1. The van der Waals surface area contributed by atoms with Crippen molar-refractivity contribution in [3.63, 3.8) is 0 Å². The maximum Gasteiger partial charge on any atom is 0.319 e. The molecule has 1 fully saturated rings. The van der Waals surface area contributed by atoms with Crippen molar-refractivity contribution >= 4 is 11.7 Å². The Morgan fingerprint density at radius 2 is 2.26 bits per heavy atom. The lowest BCUT2D eigenvalue weighted by molar-refractivity contribution is 0.240. The summed E-state index contributed by atoms with van der Waals surface area (Å²) >= 11 is 0. The standard InChI is InChI=1S/C15H18N2O2/c1-11-7-8-14(12(10-11)4-3-9-18)17-15(19)16-13-5-2-6-13/h7-8,10,13,18H,2,5-6,9H2,1H3,(H2,16,17,19). The van der Waals surface area contributed by atoms with Crippen LogP contribution >= 0.6 is 0 Å². The first kappa shape index (κ1) is 13.4. The molecule has 0 bridgehead atoms. The molecule has 4 nitrogen and oxygen atoms in total. The molecule has 1 aliphatic rings. The summed E-state index contributed by atoms with van der Waals surface area (Å²) < 4.78 is 0. The van der Waals surface area contributed by atoms with Gasteiger partial charge in [0.1, 0.15) is 6.61 Å². The smallest absolute Gasteiger partial charge is 0.319 e. The van der Waals surface area contributed by atoms with Crippen molar-refractivity contribution in [1.29, 1.82) is 0 Å². The third-order valence-corrected chi connectivity index (χ3v) is 3.17. The van der Waals surface area contributed by atoms with Crippen LogP contribution in [0.1, 0.15) is 30.4 Å². The Kier molecular flexibility index (Phi) is 4.43. The molecule has 2 amide bonds. The molecule has 0 atom stereocenters. The van der Waals surface area contributed by atoms with E-state index in [2.05, 4.69) is 22.5 Å². The SMILES string of the molecule is Cc1ccc(NC(=O)NC2CCC2)c(C#CCO)c1. The molecule has 1 saturated carbocycles. The van der Waals surface area contributed by atoms with Crippen LogP contribution in [0.25, 0.3) is 0 Å². The van der Waals surface area contributed by atoms with Crippen molar-refractivity contribution in [2.45, 2.75) is 32.2 Å². The molecule has 4 heteroatoms. The molecule has 3 N–H and O–H groups in total. The lowest BCUT2D eigenvalue weighted by Gasteiger charge is -2.26. The highest BCUT2D eigenvalue weighted by Crippen LogP contribution is 2.19. The van der Waals surface area contributed by atoms with E-state index in [4.69, 9.17) is 5.11 Å². The molecule has 100 valence electrons. The van der Waals surface area contributed by atoms with Crippen LogP contribution in [0.4, 0.5) is 10.5 Å². The molecule has 0 radical (unpaired) electrons. The molecule has 1 aromatic carbocycles. The van der Waals surface area contributed by atoms with Crippen LogP contribution in [0, 0.1) is 18.8 Å². The number of amides is 2. The van der Waals surface area contributed by atoms with Crippen LogP contribution in [0.2, 0.25) is 0 Å². The maximum absolute atomic E-state index is 11.8. The summed E-state index contributed by atoms with van der Waals surface area (Å²) in [6.45, 7) is 1.77. The molecule has 0 spiro atoms. The van der Waals surface area contributed by atoms with Crippen LogP contribution in [0.15, 0.2) is 18.2 Å². The minimum atomic E-state index is -0.194. The second-order valence-corrected chi connectivity index (χ2v) is 4.74. The van der Waals surface area contributed by atoms with E-state index in [0.29, 0.717) is 11.7 Å². The Balaban J connectivity index is 2.07. The molecule has 0 heterocycles. The zero-order valence-electron chi connectivity index (χ0n) is 11.0. The molecule has 0 aromatic heterocycles.